The van der Waals surface area contributed by atoms with E-state index in [4.69, 9.17) is 9.84 Å². The second kappa shape index (κ2) is 12.4. The van der Waals surface area contributed by atoms with Gasteiger partial charge in [0.1, 0.15) is 12.4 Å². The van der Waals surface area contributed by atoms with Crippen LogP contribution in [0.5, 0.6) is 5.75 Å². The number of fused-ring (bicyclic) bond motifs is 1. The van der Waals surface area contributed by atoms with Crippen LogP contribution in [0.25, 0.3) is 10.8 Å². The van der Waals surface area contributed by atoms with Gasteiger partial charge in [-0.15, -0.1) is 0 Å². The maximum Gasteiger partial charge on any atom is 0.303 e. The average Bonchev–Trinajstić information content (AvgIpc) is 3.27. The van der Waals surface area contributed by atoms with E-state index in [2.05, 4.69) is 34.5 Å². The Morgan fingerprint density at radius 3 is 2.73 bits per heavy atom. The van der Waals surface area contributed by atoms with Gasteiger partial charge >= 0.3 is 5.97 Å². The first-order valence-corrected chi connectivity index (χ1v) is 11.2. The summed E-state index contributed by atoms with van der Waals surface area (Å²) in [6, 6.07) is 14.4. The van der Waals surface area contributed by atoms with Crippen LogP contribution in [0, 0.1) is 0 Å². The molecule has 1 aliphatic heterocycles. The molecular weight excluding hydrogens is 376 g/mol. The van der Waals surface area contributed by atoms with Gasteiger partial charge in [0.25, 0.3) is 0 Å². The second-order valence-electron chi connectivity index (χ2n) is 7.99. The third kappa shape index (κ3) is 7.47. The van der Waals surface area contributed by atoms with E-state index in [1.54, 1.807) is 0 Å². The van der Waals surface area contributed by atoms with Crippen LogP contribution in [0.1, 0.15) is 38.5 Å². The first kappa shape index (κ1) is 22.3. The number of carbonyl (C=O) groups is 1. The van der Waals surface area contributed by atoms with Gasteiger partial charge < -0.3 is 20.1 Å². The summed E-state index contributed by atoms with van der Waals surface area (Å²) in [6.45, 7) is 5.86. The van der Waals surface area contributed by atoms with Crippen molar-refractivity contribution in [2.45, 2.75) is 38.5 Å². The molecule has 5 heteroatoms. The first-order chi connectivity index (χ1) is 14.7. The van der Waals surface area contributed by atoms with Crippen molar-refractivity contribution in [2.75, 3.05) is 39.3 Å². The minimum Gasteiger partial charge on any atom is -0.489 e. The molecule has 0 atom stereocenters. The number of nitrogens with one attached hydrogen (secondary N) is 1. The molecule has 2 aromatic carbocycles. The van der Waals surface area contributed by atoms with E-state index in [0.29, 0.717) is 13.0 Å². The van der Waals surface area contributed by atoms with E-state index in [9.17, 15) is 4.79 Å². The molecule has 1 aliphatic rings. The summed E-state index contributed by atoms with van der Waals surface area (Å²) in [6.07, 6.45) is 7.58. The molecule has 5 nitrogen and oxygen atoms in total. The van der Waals surface area contributed by atoms with Crippen molar-refractivity contribution in [1.29, 1.82) is 0 Å². The van der Waals surface area contributed by atoms with Crippen molar-refractivity contribution >= 4 is 16.7 Å². The number of nitrogens with zero attached hydrogens (tertiary/aromatic N) is 1. The van der Waals surface area contributed by atoms with Crippen LogP contribution in [0.4, 0.5) is 0 Å². The number of carboxylic acid groups (broad SMARTS) is 1. The molecule has 2 aromatic rings. The SMILES string of the molecule is O=C(O)CCCCC=C(CNCCN1CCCC1)COc1cccc2ccccc12. The lowest BCUT2D eigenvalue weighted by atomic mass is 10.1. The normalized spacial score (nSPS) is 15.0. The molecule has 1 heterocycles. The zero-order chi connectivity index (χ0) is 21.0. The van der Waals surface area contributed by atoms with Gasteiger partial charge in [-0.3, -0.25) is 4.79 Å². The Kier molecular flexibility index (Phi) is 9.19. The summed E-state index contributed by atoms with van der Waals surface area (Å²) in [5.74, 6) is 0.184. The van der Waals surface area contributed by atoms with Crippen LogP contribution in [-0.4, -0.2) is 55.3 Å². The molecular formula is C25H34N2O3. The lowest BCUT2D eigenvalue weighted by molar-refractivity contribution is -0.137. The molecule has 0 unspecified atom stereocenters. The largest absolute Gasteiger partial charge is 0.489 e. The molecule has 0 aromatic heterocycles. The molecule has 0 saturated carbocycles. The predicted molar refractivity (Wildman–Crippen MR) is 122 cm³/mol. The topological polar surface area (TPSA) is 61.8 Å². The zero-order valence-corrected chi connectivity index (χ0v) is 17.8. The van der Waals surface area contributed by atoms with Crippen LogP contribution in [0.2, 0.25) is 0 Å². The number of carboxylic acids is 1. The van der Waals surface area contributed by atoms with Crippen molar-refractivity contribution in [3.8, 4) is 5.75 Å². The van der Waals surface area contributed by atoms with Crippen molar-refractivity contribution in [3.63, 3.8) is 0 Å². The van der Waals surface area contributed by atoms with E-state index in [-0.39, 0.29) is 6.42 Å². The van der Waals surface area contributed by atoms with E-state index in [1.807, 2.05) is 24.3 Å². The molecule has 0 bridgehead atoms. The summed E-state index contributed by atoms with van der Waals surface area (Å²) in [5.41, 5.74) is 1.22. The number of likely N-dealkylation sites (tertiary alicyclic amines) is 1. The Balaban J connectivity index is 1.52. The summed E-state index contributed by atoms with van der Waals surface area (Å²) in [5, 5.41) is 14.7. The number of hydrogen-bond donors (Lipinski definition) is 2. The number of rotatable bonds is 13. The smallest absolute Gasteiger partial charge is 0.303 e. The summed E-state index contributed by atoms with van der Waals surface area (Å²) in [4.78, 5) is 13.2. The van der Waals surface area contributed by atoms with Crippen molar-refractivity contribution in [3.05, 3.63) is 54.1 Å². The maximum absolute atomic E-state index is 10.7. The fraction of sp³-hybridized carbons (Fsp3) is 0.480. The van der Waals surface area contributed by atoms with E-state index in [0.717, 1.165) is 43.6 Å². The average molecular weight is 411 g/mol. The molecule has 0 aliphatic carbocycles. The highest BCUT2D eigenvalue weighted by atomic mass is 16.5. The lowest BCUT2D eigenvalue weighted by Gasteiger charge is -2.16. The second-order valence-corrected chi connectivity index (χ2v) is 7.99. The number of aliphatic carboxylic acids is 1. The zero-order valence-electron chi connectivity index (χ0n) is 17.8. The van der Waals surface area contributed by atoms with Gasteiger partial charge in [-0.05, 0) is 62.2 Å². The van der Waals surface area contributed by atoms with Crippen LogP contribution in [0.15, 0.2) is 54.1 Å². The van der Waals surface area contributed by atoms with Gasteiger partial charge in [-0.1, -0.05) is 42.5 Å². The number of allylic oxidation sites excluding steroid dienone is 1. The highest BCUT2D eigenvalue weighted by Crippen LogP contribution is 2.25. The Morgan fingerprint density at radius 1 is 1.10 bits per heavy atom. The molecule has 0 radical (unpaired) electrons. The van der Waals surface area contributed by atoms with E-state index >= 15 is 0 Å². The number of ether oxygens (including phenoxy) is 1. The number of hydrogen-bond acceptors (Lipinski definition) is 4. The quantitative estimate of drug-likeness (QED) is 0.377. The minimum absolute atomic E-state index is 0.240. The lowest BCUT2D eigenvalue weighted by Crippen LogP contribution is -2.31. The highest BCUT2D eigenvalue weighted by Gasteiger charge is 2.10. The van der Waals surface area contributed by atoms with Gasteiger partial charge in [0.2, 0.25) is 0 Å². The monoisotopic (exact) mass is 410 g/mol. The van der Waals surface area contributed by atoms with Gasteiger partial charge in [0.05, 0.1) is 0 Å². The van der Waals surface area contributed by atoms with E-state index < -0.39 is 5.97 Å². The molecule has 1 fully saturated rings. The molecule has 2 N–H and O–H groups in total. The fourth-order valence-corrected chi connectivity index (χ4v) is 3.89. The highest BCUT2D eigenvalue weighted by molar-refractivity contribution is 5.88. The Labute approximate surface area is 179 Å². The van der Waals surface area contributed by atoms with Crippen molar-refractivity contribution in [2.24, 2.45) is 0 Å². The molecule has 0 spiro atoms. The molecule has 0 amide bonds. The van der Waals surface area contributed by atoms with Crippen LogP contribution in [-0.2, 0) is 4.79 Å². The number of unbranched alkanes of at least 4 members (excludes halogenated alkanes) is 2. The van der Waals surface area contributed by atoms with Gasteiger partial charge in [0.15, 0.2) is 0 Å². The van der Waals surface area contributed by atoms with Crippen LogP contribution < -0.4 is 10.1 Å². The van der Waals surface area contributed by atoms with Crippen molar-refractivity contribution < 1.29 is 14.6 Å². The van der Waals surface area contributed by atoms with Gasteiger partial charge in [0, 0.05) is 31.4 Å². The third-order valence-corrected chi connectivity index (χ3v) is 5.60. The molecule has 162 valence electrons. The third-order valence-electron chi connectivity index (χ3n) is 5.60. The standard InChI is InChI=1S/C25H34N2O3/c28-25(29)14-3-1-2-9-21(19-26-15-18-27-16-6-7-17-27)20-30-24-13-8-11-22-10-4-5-12-23(22)24/h4-5,8-13,26H,1-3,6-7,14-20H2,(H,28,29). The predicted octanol–water partition coefficient (Wildman–Crippen LogP) is 4.48. The fourth-order valence-electron chi connectivity index (χ4n) is 3.89. The van der Waals surface area contributed by atoms with Crippen LogP contribution in [0.3, 0.4) is 0 Å². The first-order valence-electron chi connectivity index (χ1n) is 11.2. The Hall–Kier alpha value is -2.37. The Bertz CT molecular complexity index is 823. The molecule has 3 rings (SSSR count). The summed E-state index contributed by atoms with van der Waals surface area (Å²) < 4.78 is 6.19. The number of benzene rings is 2. The molecule has 30 heavy (non-hydrogen) atoms. The minimum atomic E-state index is -0.720. The molecule has 1 saturated heterocycles. The maximum atomic E-state index is 10.7. The van der Waals surface area contributed by atoms with Gasteiger partial charge in [-0.25, -0.2) is 0 Å². The van der Waals surface area contributed by atoms with Crippen LogP contribution >= 0.6 is 0 Å². The van der Waals surface area contributed by atoms with E-state index in [1.165, 1.54) is 36.9 Å². The van der Waals surface area contributed by atoms with Crippen molar-refractivity contribution in [1.82, 2.24) is 10.2 Å². The Morgan fingerprint density at radius 2 is 1.90 bits per heavy atom. The summed E-state index contributed by atoms with van der Waals surface area (Å²) in [7, 11) is 0. The van der Waals surface area contributed by atoms with Gasteiger partial charge in [-0.2, -0.15) is 0 Å². The summed E-state index contributed by atoms with van der Waals surface area (Å²) >= 11 is 0.